The molecule has 0 unspecified atom stereocenters. The first kappa shape index (κ1) is 20.5. The summed E-state index contributed by atoms with van der Waals surface area (Å²) in [5.74, 6) is 0.539. The van der Waals surface area contributed by atoms with Crippen LogP contribution in [0.2, 0.25) is 0 Å². The molecule has 0 amide bonds. The molecule has 4 aromatic heterocycles. The third kappa shape index (κ3) is 3.52. The minimum Gasteiger partial charge on any atom is -0.486 e. The second kappa shape index (κ2) is 8.07. The van der Waals surface area contributed by atoms with Crippen LogP contribution in [0.25, 0.3) is 37.2 Å². The number of fused-ring (bicyclic) bond motifs is 5. The zero-order valence-corrected chi connectivity index (χ0v) is 18.1. The van der Waals surface area contributed by atoms with Crippen molar-refractivity contribution >= 4 is 37.4 Å². The monoisotopic (exact) mass is 477 g/mol. The Morgan fingerprint density at radius 1 is 1.00 bits per heavy atom. The lowest BCUT2D eigenvalue weighted by Crippen LogP contribution is -1.98. The molecule has 6 rings (SSSR count). The van der Waals surface area contributed by atoms with E-state index in [1.54, 1.807) is 0 Å². The van der Waals surface area contributed by atoms with Crippen molar-refractivity contribution < 1.29 is 17.9 Å². The highest BCUT2D eigenvalue weighted by atomic mass is 32.1. The lowest BCUT2D eigenvalue weighted by Gasteiger charge is -2.07. The number of ether oxygens (including phenoxy) is 1. The van der Waals surface area contributed by atoms with Gasteiger partial charge in [-0.2, -0.15) is 0 Å². The largest absolute Gasteiger partial charge is 0.486 e. The number of rotatable bonds is 5. The molecule has 0 radical (unpaired) electrons. The Morgan fingerprint density at radius 2 is 1.79 bits per heavy atom. The number of hydrogen-bond donors (Lipinski definition) is 0. The Bertz CT molecular complexity index is 1650. The number of aromatic nitrogens is 5. The van der Waals surface area contributed by atoms with E-state index in [2.05, 4.69) is 20.1 Å². The summed E-state index contributed by atoms with van der Waals surface area (Å²) < 4.78 is 48.2. The van der Waals surface area contributed by atoms with Gasteiger partial charge in [-0.15, -0.1) is 16.4 Å². The van der Waals surface area contributed by atoms with Crippen LogP contribution in [-0.2, 0) is 6.61 Å². The van der Waals surface area contributed by atoms with Crippen LogP contribution < -0.4 is 4.74 Å². The second-order valence-electron chi connectivity index (χ2n) is 7.50. The number of pyridine rings is 1. The fourth-order valence-corrected chi connectivity index (χ4v) is 4.92. The summed E-state index contributed by atoms with van der Waals surface area (Å²) in [5.41, 5.74) is 2.31. The molecule has 0 atom stereocenters. The third-order valence-corrected chi connectivity index (χ3v) is 6.39. The van der Waals surface area contributed by atoms with Gasteiger partial charge in [-0.05, 0) is 41.5 Å². The second-order valence-corrected chi connectivity index (χ2v) is 8.50. The molecule has 0 aliphatic rings. The molecule has 6 aromatic rings. The molecule has 168 valence electrons. The molecule has 34 heavy (non-hydrogen) atoms. The maximum atomic E-state index is 13.6. The van der Waals surface area contributed by atoms with E-state index in [-0.39, 0.29) is 18.1 Å². The molecule has 0 spiro atoms. The van der Waals surface area contributed by atoms with Crippen LogP contribution in [-0.4, -0.2) is 24.6 Å². The van der Waals surface area contributed by atoms with Crippen LogP contribution in [0.5, 0.6) is 5.75 Å². The van der Waals surface area contributed by atoms with Gasteiger partial charge in [0.25, 0.3) is 6.43 Å². The molecular formula is C24H14F3N5OS. The number of hydrogen-bond acceptors (Lipinski definition) is 6. The van der Waals surface area contributed by atoms with Gasteiger partial charge in [0.05, 0.1) is 5.52 Å². The van der Waals surface area contributed by atoms with E-state index < -0.39 is 6.43 Å². The lowest BCUT2D eigenvalue weighted by atomic mass is 10.0. The van der Waals surface area contributed by atoms with Crippen LogP contribution in [0, 0.1) is 5.82 Å². The number of nitrogens with zero attached hydrogens (tertiary/aromatic N) is 5. The summed E-state index contributed by atoms with van der Waals surface area (Å²) in [6.07, 6.45) is -1.16. The maximum absolute atomic E-state index is 13.6. The summed E-state index contributed by atoms with van der Waals surface area (Å²) in [6.45, 7) is 0.0722. The van der Waals surface area contributed by atoms with Crippen molar-refractivity contribution in [1.82, 2.24) is 24.6 Å². The highest BCUT2D eigenvalue weighted by Gasteiger charge is 2.21. The van der Waals surface area contributed by atoms with E-state index in [9.17, 15) is 13.2 Å². The topological polar surface area (TPSA) is 65.2 Å². The van der Waals surface area contributed by atoms with Crippen molar-refractivity contribution in [3.05, 3.63) is 84.3 Å². The number of alkyl halides is 2. The van der Waals surface area contributed by atoms with Crippen LogP contribution in [0.4, 0.5) is 13.2 Å². The lowest BCUT2D eigenvalue weighted by molar-refractivity contribution is 0.146. The van der Waals surface area contributed by atoms with Crippen molar-refractivity contribution in [2.75, 3.05) is 0 Å². The molecule has 10 heteroatoms. The number of halogens is 3. The first-order chi connectivity index (χ1) is 16.6. The molecule has 0 bridgehead atoms. The normalized spacial score (nSPS) is 11.8. The van der Waals surface area contributed by atoms with Crippen molar-refractivity contribution in [3.63, 3.8) is 0 Å². The smallest absolute Gasteiger partial charge is 0.280 e. The molecule has 4 heterocycles. The Labute approximate surface area is 194 Å². The number of benzene rings is 2. The van der Waals surface area contributed by atoms with Crippen LogP contribution in [0.15, 0.2) is 67.0 Å². The first-order valence-corrected chi connectivity index (χ1v) is 11.1. The summed E-state index contributed by atoms with van der Waals surface area (Å²) in [7, 11) is 0. The fraction of sp³-hybridized carbons (Fsp3) is 0.0833. The average molecular weight is 477 g/mol. The summed E-state index contributed by atoms with van der Waals surface area (Å²) in [6, 6.07) is 16.4. The molecule has 0 aliphatic carbocycles. The van der Waals surface area contributed by atoms with Gasteiger partial charge in [0.2, 0.25) is 0 Å². The maximum Gasteiger partial charge on any atom is 0.280 e. The van der Waals surface area contributed by atoms with Crippen molar-refractivity contribution in [3.8, 4) is 16.9 Å². The average Bonchev–Trinajstić information content (AvgIpc) is 3.44. The zero-order chi connectivity index (χ0) is 23.2. The molecular weight excluding hydrogens is 463 g/mol. The quantitative estimate of drug-likeness (QED) is 0.295. The van der Waals surface area contributed by atoms with E-state index in [0.29, 0.717) is 43.2 Å². The summed E-state index contributed by atoms with van der Waals surface area (Å²) in [4.78, 5) is 13.8. The SMILES string of the molecule is Fc1ccc(OCc2nc3c4sc5nc(C(F)F)cc(-c6ccccc6)c5c4ncn3n2)cc1. The van der Waals surface area contributed by atoms with E-state index in [0.717, 1.165) is 5.56 Å². The van der Waals surface area contributed by atoms with Gasteiger partial charge in [-0.25, -0.2) is 32.6 Å². The summed E-state index contributed by atoms with van der Waals surface area (Å²) >= 11 is 1.25. The third-order valence-electron chi connectivity index (χ3n) is 5.32. The highest BCUT2D eigenvalue weighted by molar-refractivity contribution is 7.26. The van der Waals surface area contributed by atoms with Gasteiger partial charge in [-0.3, -0.25) is 0 Å². The number of thiophene rings is 1. The van der Waals surface area contributed by atoms with E-state index in [1.165, 1.54) is 52.5 Å². The van der Waals surface area contributed by atoms with Gasteiger partial charge in [0.1, 0.15) is 39.7 Å². The highest BCUT2D eigenvalue weighted by Crippen LogP contribution is 2.40. The van der Waals surface area contributed by atoms with Crippen LogP contribution in [0.1, 0.15) is 17.9 Å². The standard InChI is InChI=1S/C24H14F3N5OS/c25-14-6-8-15(9-7-14)33-11-18-30-23-21-20(28-12-32(23)31-18)19-16(13-4-2-1-3-5-13)10-17(22(26)27)29-24(19)34-21/h1-10,12,22H,11H2. The van der Waals surface area contributed by atoms with Gasteiger partial charge < -0.3 is 4.74 Å². The zero-order valence-electron chi connectivity index (χ0n) is 17.3. The van der Waals surface area contributed by atoms with Gasteiger partial charge >= 0.3 is 0 Å². The van der Waals surface area contributed by atoms with E-state index >= 15 is 0 Å². The van der Waals surface area contributed by atoms with Gasteiger partial charge in [0, 0.05) is 5.39 Å². The van der Waals surface area contributed by atoms with Gasteiger partial charge in [0.15, 0.2) is 11.5 Å². The summed E-state index contributed by atoms with van der Waals surface area (Å²) in [5, 5.41) is 5.10. The van der Waals surface area contributed by atoms with Crippen molar-refractivity contribution in [2.24, 2.45) is 0 Å². The van der Waals surface area contributed by atoms with Crippen molar-refractivity contribution in [2.45, 2.75) is 13.0 Å². The Morgan fingerprint density at radius 3 is 2.56 bits per heavy atom. The minimum absolute atomic E-state index is 0.0722. The minimum atomic E-state index is -2.70. The van der Waals surface area contributed by atoms with E-state index in [4.69, 9.17) is 4.74 Å². The van der Waals surface area contributed by atoms with Crippen LogP contribution >= 0.6 is 11.3 Å². The predicted octanol–water partition coefficient (Wildman–Crippen LogP) is 6.21. The molecule has 6 nitrogen and oxygen atoms in total. The Kier molecular flexibility index (Phi) is 4.88. The van der Waals surface area contributed by atoms with E-state index in [1.807, 2.05) is 30.3 Å². The molecule has 0 aliphatic heterocycles. The van der Waals surface area contributed by atoms with Gasteiger partial charge in [-0.1, -0.05) is 30.3 Å². The fourth-order valence-electron chi connectivity index (χ4n) is 3.79. The Hall–Kier alpha value is -4.05. The van der Waals surface area contributed by atoms with Crippen molar-refractivity contribution in [1.29, 1.82) is 0 Å². The first-order valence-electron chi connectivity index (χ1n) is 10.3. The predicted molar refractivity (Wildman–Crippen MR) is 123 cm³/mol. The van der Waals surface area contributed by atoms with Crippen LogP contribution in [0.3, 0.4) is 0 Å². The molecule has 2 aromatic carbocycles. The molecule has 0 saturated heterocycles. The Balaban J connectivity index is 1.49. The molecule has 0 saturated carbocycles. The molecule has 0 fully saturated rings. The molecule has 0 N–H and O–H groups in total.